The Kier molecular flexibility index (Phi) is 5.17. The molecule has 0 spiro atoms. The van der Waals surface area contributed by atoms with Gasteiger partial charge in [0.2, 0.25) is 5.91 Å². The minimum atomic E-state index is -0.129. The standard InChI is InChI=1S/C24H25N5O2S/c1-13-7-9-16(10-8-13)29-15(3)22(14(2)28-29)27-20(30)12-11-19-25-23(31)21-17-5-4-6-18(17)32-24(21)26-19/h7-10H,4-6,11-12H2,1-3H3,(H,27,30)(H,25,26,31). The van der Waals surface area contributed by atoms with E-state index in [1.165, 1.54) is 16.0 Å². The molecule has 1 aliphatic carbocycles. The number of fused-ring (bicyclic) bond motifs is 3. The summed E-state index contributed by atoms with van der Waals surface area (Å²) in [4.78, 5) is 34.9. The van der Waals surface area contributed by atoms with Gasteiger partial charge in [-0.05, 0) is 57.7 Å². The van der Waals surface area contributed by atoms with Crippen molar-refractivity contribution in [2.45, 2.75) is 52.9 Å². The molecule has 2 N–H and O–H groups in total. The number of anilines is 1. The van der Waals surface area contributed by atoms with E-state index in [-0.39, 0.29) is 17.9 Å². The highest BCUT2D eigenvalue weighted by atomic mass is 32.1. The number of rotatable bonds is 5. The summed E-state index contributed by atoms with van der Waals surface area (Å²) in [5, 5.41) is 8.33. The number of hydrogen-bond donors (Lipinski definition) is 2. The molecule has 0 bridgehead atoms. The molecule has 0 radical (unpaired) electrons. The van der Waals surface area contributed by atoms with Crippen LogP contribution in [0.5, 0.6) is 0 Å². The van der Waals surface area contributed by atoms with Gasteiger partial charge in [-0.1, -0.05) is 17.7 Å². The quantitative estimate of drug-likeness (QED) is 0.481. The van der Waals surface area contributed by atoms with E-state index in [0.717, 1.165) is 52.2 Å². The van der Waals surface area contributed by atoms with Crippen molar-refractivity contribution < 1.29 is 4.79 Å². The number of H-pyrrole nitrogens is 1. The number of benzene rings is 1. The number of thiophene rings is 1. The van der Waals surface area contributed by atoms with Gasteiger partial charge in [-0.25, -0.2) is 9.67 Å². The van der Waals surface area contributed by atoms with Gasteiger partial charge < -0.3 is 10.3 Å². The number of nitrogens with one attached hydrogen (secondary N) is 2. The van der Waals surface area contributed by atoms with E-state index in [1.54, 1.807) is 11.3 Å². The van der Waals surface area contributed by atoms with E-state index in [1.807, 2.05) is 49.7 Å². The van der Waals surface area contributed by atoms with Crippen molar-refractivity contribution in [3.8, 4) is 5.69 Å². The Morgan fingerprint density at radius 3 is 2.75 bits per heavy atom. The Morgan fingerprint density at radius 2 is 1.97 bits per heavy atom. The predicted molar refractivity (Wildman–Crippen MR) is 127 cm³/mol. The first-order valence-corrected chi connectivity index (χ1v) is 11.7. The minimum Gasteiger partial charge on any atom is -0.323 e. The Morgan fingerprint density at radius 1 is 1.19 bits per heavy atom. The number of amides is 1. The first-order chi connectivity index (χ1) is 15.4. The lowest BCUT2D eigenvalue weighted by Gasteiger charge is -2.07. The Balaban J connectivity index is 1.30. The Bertz CT molecular complexity index is 1390. The second-order valence-corrected chi connectivity index (χ2v) is 9.48. The molecule has 7 nitrogen and oxygen atoms in total. The maximum atomic E-state index is 12.7. The van der Waals surface area contributed by atoms with Crippen LogP contribution in [0.4, 0.5) is 5.69 Å². The SMILES string of the molecule is Cc1ccc(-n2nc(C)c(NC(=O)CCc3nc4sc5c(c4c(=O)[nH]3)CCC5)c2C)cc1. The molecule has 4 aromatic rings. The Labute approximate surface area is 189 Å². The van der Waals surface area contributed by atoms with Gasteiger partial charge in [-0.15, -0.1) is 11.3 Å². The van der Waals surface area contributed by atoms with Gasteiger partial charge in [0.05, 0.1) is 28.1 Å². The summed E-state index contributed by atoms with van der Waals surface area (Å²) in [5.74, 6) is 0.428. The van der Waals surface area contributed by atoms with Crippen LogP contribution in [0.2, 0.25) is 0 Å². The van der Waals surface area contributed by atoms with Gasteiger partial charge in [-0.3, -0.25) is 9.59 Å². The van der Waals surface area contributed by atoms with E-state index in [0.29, 0.717) is 12.2 Å². The molecule has 0 aliphatic heterocycles. The van der Waals surface area contributed by atoms with E-state index in [2.05, 4.69) is 20.4 Å². The van der Waals surface area contributed by atoms with Gasteiger partial charge in [0.25, 0.3) is 5.56 Å². The number of hydrogen-bond acceptors (Lipinski definition) is 5. The van der Waals surface area contributed by atoms with Crippen LogP contribution in [0.25, 0.3) is 15.9 Å². The molecular weight excluding hydrogens is 422 g/mol. The van der Waals surface area contributed by atoms with E-state index in [9.17, 15) is 9.59 Å². The number of aromatic nitrogens is 4. The van der Waals surface area contributed by atoms with Crippen LogP contribution in [0, 0.1) is 20.8 Å². The van der Waals surface area contributed by atoms with E-state index in [4.69, 9.17) is 0 Å². The zero-order valence-corrected chi connectivity index (χ0v) is 19.2. The summed E-state index contributed by atoms with van der Waals surface area (Å²) in [7, 11) is 0. The molecular formula is C24H25N5O2S. The third-order valence-corrected chi connectivity index (χ3v) is 7.23. The van der Waals surface area contributed by atoms with Crippen LogP contribution in [-0.4, -0.2) is 25.7 Å². The molecule has 1 amide bonds. The zero-order chi connectivity index (χ0) is 22.4. The molecule has 0 atom stereocenters. The molecule has 0 unspecified atom stereocenters. The van der Waals surface area contributed by atoms with Crippen molar-refractivity contribution >= 4 is 33.1 Å². The van der Waals surface area contributed by atoms with E-state index >= 15 is 0 Å². The molecule has 3 aromatic heterocycles. The smallest absolute Gasteiger partial charge is 0.259 e. The largest absolute Gasteiger partial charge is 0.323 e. The maximum absolute atomic E-state index is 12.7. The number of nitrogens with zero attached hydrogens (tertiary/aromatic N) is 3. The van der Waals surface area contributed by atoms with Crippen molar-refractivity contribution in [3.63, 3.8) is 0 Å². The fraction of sp³-hybridized carbons (Fsp3) is 0.333. The van der Waals surface area contributed by atoms with Crippen molar-refractivity contribution in [2.75, 3.05) is 5.32 Å². The fourth-order valence-corrected chi connectivity index (χ4v) is 5.64. The minimum absolute atomic E-state index is 0.0872. The second kappa shape index (κ2) is 8.02. The van der Waals surface area contributed by atoms with Crippen molar-refractivity contribution in [1.29, 1.82) is 0 Å². The molecule has 0 fully saturated rings. The normalized spacial score (nSPS) is 13.0. The van der Waals surface area contributed by atoms with Gasteiger partial charge in [0, 0.05) is 17.7 Å². The lowest BCUT2D eigenvalue weighted by molar-refractivity contribution is -0.116. The van der Waals surface area contributed by atoms with Gasteiger partial charge in [0.15, 0.2) is 0 Å². The van der Waals surface area contributed by atoms with Crippen LogP contribution >= 0.6 is 11.3 Å². The van der Waals surface area contributed by atoms with Gasteiger partial charge in [-0.2, -0.15) is 5.10 Å². The zero-order valence-electron chi connectivity index (χ0n) is 18.4. The number of aromatic amines is 1. The molecule has 164 valence electrons. The molecule has 1 aromatic carbocycles. The lowest BCUT2D eigenvalue weighted by Crippen LogP contribution is -2.17. The molecule has 32 heavy (non-hydrogen) atoms. The molecule has 0 saturated heterocycles. The molecule has 5 rings (SSSR count). The molecule has 8 heteroatoms. The number of carbonyl (C=O) groups excluding carboxylic acids is 1. The summed E-state index contributed by atoms with van der Waals surface area (Å²) in [6.45, 7) is 5.87. The fourth-order valence-electron chi connectivity index (χ4n) is 4.36. The first kappa shape index (κ1) is 20.6. The van der Waals surface area contributed by atoms with Crippen molar-refractivity contribution in [1.82, 2.24) is 19.7 Å². The van der Waals surface area contributed by atoms with Crippen molar-refractivity contribution in [2.24, 2.45) is 0 Å². The monoisotopic (exact) mass is 447 g/mol. The average molecular weight is 448 g/mol. The first-order valence-electron chi connectivity index (χ1n) is 10.9. The summed E-state index contributed by atoms with van der Waals surface area (Å²) in [6, 6.07) is 8.10. The number of aryl methyl sites for hydroxylation is 5. The van der Waals surface area contributed by atoms with Crippen LogP contribution in [0.3, 0.4) is 0 Å². The third-order valence-electron chi connectivity index (χ3n) is 6.05. The highest BCUT2D eigenvalue weighted by Crippen LogP contribution is 2.34. The van der Waals surface area contributed by atoms with Crippen LogP contribution in [-0.2, 0) is 24.1 Å². The van der Waals surface area contributed by atoms with Gasteiger partial charge >= 0.3 is 0 Å². The van der Waals surface area contributed by atoms with Crippen LogP contribution in [0.15, 0.2) is 29.1 Å². The summed E-state index contributed by atoms with van der Waals surface area (Å²) >= 11 is 1.61. The number of carbonyl (C=O) groups is 1. The third kappa shape index (κ3) is 3.64. The predicted octanol–water partition coefficient (Wildman–Crippen LogP) is 4.16. The van der Waals surface area contributed by atoms with E-state index < -0.39 is 0 Å². The van der Waals surface area contributed by atoms with Crippen LogP contribution in [0.1, 0.15) is 46.1 Å². The van der Waals surface area contributed by atoms with Gasteiger partial charge in [0.1, 0.15) is 10.7 Å². The topological polar surface area (TPSA) is 92.7 Å². The van der Waals surface area contributed by atoms with Crippen LogP contribution < -0.4 is 10.9 Å². The van der Waals surface area contributed by atoms with Crippen molar-refractivity contribution in [3.05, 3.63) is 67.8 Å². The molecule has 3 heterocycles. The summed E-state index contributed by atoms with van der Waals surface area (Å²) in [5.41, 5.74) is 5.58. The lowest BCUT2D eigenvalue weighted by atomic mass is 10.2. The summed E-state index contributed by atoms with van der Waals surface area (Å²) in [6.07, 6.45) is 3.70. The molecule has 0 saturated carbocycles. The Hall–Kier alpha value is -3.26. The summed E-state index contributed by atoms with van der Waals surface area (Å²) < 4.78 is 1.84. The second-order valence-electron chi connectivity index (χ2n) is 8.39. The average Bonchev–Trinajstić information content (AvgIpc) is 3.42. The highest BCUT2D eigenvalue weighted by Gasteiger charge is 2.21. The maximum Gasteiger partial charge on any atom is 0.259 e. The highest BCUT2D eigenvalue weighted by molar-refractivity contribution is 7.18. The molecule has 1 aliphatic rings.